The molecule has 14 heavy (non-hydrogen) atoms. The van der Waals surface area contributed by atoms with Crippen molar-refractivity contribution in [2.45, 2.75) is 46.8 Å². The number of rotatable bonds is 6. The maximum absolute atomic E-state index is 9.76. The largest absolute Gasteiger partial charge is 0.391 e. The highest BCUT2D eigenvalue weighted by Crippen LogP contribution is 2.18. The molecule has 0 amide bonds. The molecule has 0 aliphatic carbocycles. The van der Waals surface area contributed by atoms with E-state index in [9.17, 15) is 5.11 Å². The maximum atomic E-state index is 9.76. The summed E-state index contributed by atoms with van der Waals surface area (Å²) in [5, 5.41) is 13.0. The van der Waals surface area contributed by atoms with Gasteiger partial charge in [0.2, 0.25) is 0 Å². The predicted molar refractivity (Wildman–Crippen MR) is 59.4 cm³/mol. The maximum Gasteiger partial charge on any atom is 0.0712 e. The summed E-state index contributed by atoms with van der Waals surface area (Å²) in [5.41, 5.74) is -0.0572. The summed E-state index contributed by atoms with van der Waals surface area (Å²) in [6.07, 6.45) is -0.313. The van der Waals surface area contributed by atoms with Crippen molar-refractivity contribution in [3.63, 3.8) is 0 Å². The molecule has 0 fully saturated rings. The zero-order valence-corrected chi connectivity index (χ0v) is 10.1. The van der Waals surface area contributed by atoms with Crippen LogP contribution in [0.1, 0.15) is 34.6 Å². The average Bonchev–Trinajstić information content (AvgIpc) is 2.09. The van der Waals surface area contributed by atoms with Crippen LogP contribution in [0.5, 0.6) is 0 Å². The van der Waals surface area contributed by atoms with Gasteiger partial charge in [0.05, 0.1) is 12.7 Å². The minimum atomic E-state index is -0.313. The van der Waals surface area contributed by atoms with Crippen molar-refractivity contribution in [1.82, 2.24) is 5.32 Å². The van der Waals surface area contributed by atoms with Gasteiger partial charge in [0.1, 0.15) is 0 Å². The van der Waals surface area contributed by atoms with Crippen LogP contribution in [0.4, 0.5) is 0 Å². The molecule has 0 spiro atoms. The van der Waals surface area contributed by atoms with Gasteiger partial charge in [-0.05, 0) is 19.3 Å². The third-order valence-corrected chi connectivity index (χ3v) is 2.23. The molecule has 0 aliphatic heterocycles. The second-order valence-electron chi connectivity index (χ2n) is 4.85. The van der Waals surface area contributed by atoms with Gasteiger partial charge >= 0.3 is 0 Å². The Balaban J connectivity index is 3.61. The minimum absolute atomic E-state index is 0.0572. The molecule has 0 aromatic rings. The van der Waals surface area contributed by atoms with Gasteiger partial charge in [-0.2, -0.15) is 0 Å². The summed E-state index contributed by atoms with van der Waals surface area (Å²) in [5.74, 6) is 0. The molecule has 2 N–H and O–H groups in total. The first-order valence-corrected chi connectivity index (χ1v) is 5.37. The van der Waals surface area contributed by atoms with Crippen LogP contribution >= 0.6 is 0 Å². The Labute approximate surface area is 87.8 Å². The molecular formula is C11H25NO2. The van der Waals surface area contributed by atoms with Crippen molar-refractivity contribution >= 4 is 0 Å². The highest BCUT2D eigenvalue weighted by Gasteiger charge is 2.21. The van der Waals surface area contributed by atoms with Crippen molar-refractivity contribution in [2.24, 2.45) is 5.41 Å². The fourth-order valence-corrected chi connectivity index (χ4v) is 0.973. The van der Waals surface area contributed by atoms with Crippen molar-refractivity contribution in [3.8, 4) is 0 Å². The molecule has 86 valence electrons. The number of hydrogen-bond acceptors (Lipinski definition) is 3. The molecule has 0 aromatic heterocycles. The third-order valence-electron chi connectivity index (χ3n) is 2.23. The van der Waals surface area contributed by atoms with Crippen LogP contribution in [0.3, 0.4) is 0 Å². The van der Waals surface area contributed by atoms with E-state index in [1.807, 2.05) is 27.7 Å². The Bertz CT molecular complexity index is 143. The van der Waals surface area contributed by atoms with Gasteiger partial charge in [0.25, 0.3) is 0 Å². The summed E-state index contributed by atoms with van der Waals surface area (Å²) in [4.78, 5) is 0. The Hall–Kier alpha value is -0.120. The zero-order valence-electron chi connectivity index (χ0n) is 10.1. The lowest BCUT2D eigenvalue weighted by molar-refractivity contribution is 0.0548. The number of aliphatic hydroxyl groups excluding tert-OH is 1. The number of ether oxygens (including phenoxy) is 1. The van der Waals surface area contributed by atoms with Crippen molar-refractivity contribution in [2.75, 3.05) is 19.8 Å². The standard InChI is InChI=1S/C11H25NO2/c1-6-14-8-9(2)12-7-10(13)11(3,4)5/h9-10,12-13H,6-8H2,1-5H3. The highest BCUT2D eigenvalue weighted by molar-refractivity contribution is 4.75. The first kappa shape index (κ1) is 13.9. The molecule has 0 aromatic carbocycles. The van der Waals surface area contributed by atoms with Crippen LogP contribution in [0, 0.1) is 5.41 Å². The summed E-state index contributed by atoms with van der Waals surface area (Å²) >= 11 is 0. The second-order valence-corrected chi connectivity index (χ2v) is 4.85. The Morgan fingerprint density at radius 2 is 1.93 bits per heavy atom. The zero-order chi connectivity index (χ0) is 11.2. The molecule has 2 unspecified atom stereocenters. The normalized spacial score (nSPS) is 16.7. The van der Waals surface area contributed by atoms with Gasteiger partial charge in [0.15, 0.2) is 0 Å². The van der Waals surface area contributed by atoms with E-state index in [1.54, 1.807) is 0 Å². The fourth-order valence-electron chi connectivity index (χ4n) is 0.973. The van der Waals surface area contributed by atoms with Crippen LogP contribution in [0.25, 0.3) is 0 Å². The molecule has 0 heterocycles. The second kappa shape index (κ2) is 6.38. The van der Waals surface area contributed by atoms with Gasteiger partial charge in [-0.15, -0.1) is 0 Å². The molecular weight excluding hydrogens is 178 g/mol. The molecule has 0 radical (unpaired) electrons. The van der Waals surface area contributed by atoms with Crippen molar-refractivity contribution in [1.29, 1.82) is 0 Å². The van der Waals surface area contributed by atoms with Crippen LogP contribution < -0.4 is 5.32 Å². The topological polar surface area (TPSA) is 41.5 Å². The van der Waals surface area contributed by atoms with E-state index < -0.39 is 0 Å². The molecule has 3 nitrogen and oxygen atoms in total. The quantitative estimate of drug-likeness (QED) is 0.686. The number of aliphatic hydroxyl groups is 1. The summed E-state index contributed by atoms with van der Waals surface area (Å²) in [7, 11) is 0. The summed E-state index contributed by atoms with van der Waals surface area (Å²) in [6.45, 7) is 12.2. The van der Waals surface area contributed by atoms with E-state index >= 15 is 0 Å². The van der Waals surface area contributed by atoms with E-state index in [0.717, 1.165) is 6.61 Å². The lowest BCUT2D eigenvalue weighted by Gasteiger charge is -2.27. The third kappa shape index (κ3) is 6.35. The molecule has 0 bridgehead atoms. The SMILES string of the molecule is CCOCC(C)NCC(O)C(C)(C)C. The van der Waals surface area contributed by atoms with E-state index in [0.29, 0.717) is 19.2 Å². The van der Waals surface area contributed by atoms with E-state index in [1.165, 1.54) is 0 Å². The van der Waals surface area contributed by atoms with Crippen LogP contribution in [-0.4, -0.2) is 37.0 Å². The van der Waals surface area contributed by atoms with Crippen LogP contribution in [-0.2, 0) is 4.74 Å². The van der Waals surface area contributed by atoms with Gasteiger partial charge in [-0.3, -0.25) is 0 Å². The lowest BCUT2D eigenvalue weighted by Crippen LogP contribution is -2.41. The lowest BCUT2D eigenvalue weighted by atomic mass is 9.89. The smallest absolute Gasteiger partial charge is 0.0712 e. The summed E-state index contributed by atoms with van der Waals surface area (Å²) in [6, 6.07) is 0.298. The molecule has 2 atom stereocenters. The molecule has 0 aliphatic rings. The van der Waals surface area contributed by atoms with E-state index in [4.69, 9.17) is 4.74 Å². The first-order chi connectivity index (χ1) is 6.38. The number of hydrogen-bond donors (Lipinski definition) is 2. The van der Waals surface area contributed by atoms with Gasteiger partial charge < -0.3 is 15.2 Å². The number of nitrogens with one attached hydrogen (secondary N) is 1. The molecule has 0 saturated carbocycles. The van der Waals surface area contributed by atoms with E-state index in [2.05, 4.69) is 12.2 Å². The Kier molecular flexibility index (Phi) is 6.33. The van der Waals surface area contributed by atoms with Gasteiger partial charge in [0, 0.05) is 19.2 Å². The predicted octanol–water partition coefficient (Wildman–Crippen LogP) is 1.41. The van der Waals surface area contributed by atoms with Crippen LogP contribution in [0.2, 0.25) is 0 Å². The Morgan fingerprint density at radius 1 is 1.36 bits per heavy atom. The summed E-state index contributed by atoms with van der Waals surface area (Å²) < 4.78 is 5.27. The molecule has 3 heteroatoms. The van der Waals surface area contributed by atoms with Crippen molar-refractivity contribution in [3.05, 3.63) is 0 Å². The molecule has 0 saturated heterocycles. The Morgan fingerprint density at radius 3 is 2.36 bits per heavy atom. The van der Waals surface area contributed by atoms with Gasteiger partial charge in [-0.1, -0.05) is 20.8 Å². The first-order valence-electron chi connectivity index (χ1n) is 5.37. The van der Waals surface area contributed by atoms with Crippen LogP contribution in [0.15, 0.2) is 0 Å². The minimum Gasteiger partial charge on any atom is -0.391 e. The van der Waals surface area contributed by atoms with Gasteiger partial charge in [-0.25, -0.2) is 0 Å². The monoisotopic (exact) mass is 203 g/mol. The fraction of sp³-hybridized carbons (Fsp3) is 1.00. The highest BCUT2D eigenvalue weighted by atomic mass is 16.5. The van der Waals surface area contributed by atoms with E-state index in [-0.39, 0.29) is 11.5 Å². The van der Waals surface area contributed by atoms with Crippen molar-refractivity contribution < 1.29 is 9.84 Å². The average molecular weight is 203 g/mol. The molecule has 0 rings (SSSR count).